The molecule has 6 aromatic carbocycles. The molecule has 93 heavy (non-hydrogen) atoms. The number of nitrogens with zero attached hydrogens (tertiary/aromatic N) is 6. The molecule has 6 heterocycles. The van der Waals surface area contributed by atoms with Gasteiger partial charge in [-0.25, -0.2) is 39.4 Å². The van der Waals surface area contributed by atoms with Crippen molar-refractivity contribution >= 4 is 80.5 Å². The molecule has 18 nitrogen and oxygen atoms in total. The molecular weight excluding hydrogens is 1230 g/mol. The number of aromatic nitrogens is 3. The second-order valence-corrected chi connectivity index (χ2v) is 29.5. The van der Waals surface area contributed by atoms with E-state index in [1.165, 1.54) is 54.5 Å². The number of rotatable bonds is 6. The van der Waals surface area contributed by atoms with Crippen LogP contribution >= 0.6 is 0 Å². The molecule has 12 rings (SSSR count). The number of sulfonamides is 3. The van der Waals surface area contributed by atoms with Crippen molar-refractivity contribution in [3.63, 3.8) is 0 Å². The van der Waals surface area contributed by atoms with Crippen LogP contribution in [0.25, 0.3) is 32.7 Å². The van der Waals surface area contributed by atoms with Gasteiger partial charge in [0.05, 0.1) is 35.8 Å². The Morgan fingerprint density at radius 2 is 0.527 bits per heavy atom. The number of amides is 3. The summed E-state index contributed by atoms with van der Waals surface area (Å²) in [4.78, 5) is 52.0. The highest BCUT2D eigenvalue weighted by molar-refractivity contribution is 7.90. The number of benzene rings is 6. The average Bonchev–Trinajstić information content (AvgIpc) is 0.851. The quantitative estimate of drug-likeness (QED) is 0.141. The molecule has 0 unspecified atom stereocenters. The van der Waals surface area contributed by atoms with E-state index in [4.69, 9.17) is 0 Å². The van der Waals surface area contributed by atoms with Crippen LogP contribution in [0.1, 0.15) is 95.7 Å². The number of hydrogen-bond donors (Lipinski definition) is 3. The standard InChI is InChI=1S/3C10H10N2O2S.3C10H11NO.3C4H10/c3*1-11-15(13,14)9-6-2-4-8-5-3-7-12-10(8)9;3*1-11-7-9-5-3-2-4-8(9)6-10(11)12;3*1-4(2)3/h3*2-7,11H,1H3;3*2-5H,6-7H2,1H3;3*4H,1-3H3. The van der Waals surface area contributed by atoms with E-state index in [2.05, 4.69) is 110 Å². The summed E-state index contributed by atoms with van der Waals surface area (Å²) in [6.45, 7) is 21.8. The van der Waals surface area contributed by atoms with Gasteiger partial charge in [-0.2, -0.15) is 0 Å². The van der Waals surface area contributed by atoms with Gasteiger partial charge < -0.3 is 14.7 Å². The average molecular weight is 1320 g/mol. The molecule has 0 radical (unpaired) electrons. The molecular formula is C72H93N9O9S3. The van der Waals surface area contributed by atoms with Crippen LogP contribution < -0.4 is 14.2 Å². The van der Waals surface area contributed by atoms with Gasteiger partial charge in [0.15, 0.2) is 0 Å². The van der Waals surface area contributed by atoms with Gasteiger partial charge in [-0.3, -0.25) is 29.3 Å². The summed E-state index contributed by atoms with van der Waals surface area (Å²) >= 11 is 0. The summed E-state index contributed by atoms with van der Waals surface area (Å²) < 4.78 is 76.8. The number of para-hydroxylation sites is 3. The van der Waals surface area contributed by atoms with Crippen molar-refractivity contribution in [3.05, 3.63) is 216 Å². The molecule has 3 aromatic heterocycles. The fraction of sp³-hybridized carbons (Fsp3) is 0.333. The van der Waals surface area contributed by atoms with E-state index in [1.807, 2.05) is 112 Å². The van der Waals surface area contributed by atoms with Crippen molar-refractivity contribution in [2.75, 3.05) is 42.3 Å². The van der Waals surface area contributed by atoms with Crippen LogP contribution in [0.5, 0.6) is 0 Å². The summed E-state index contributed by atoms with van der Waals surface area (Å²) in [6.07, 6.45) is 6.43. The van der Waals surface area contributed by atoms with Crippen molar-refractivity contribution in [2.24, 2.45) is 17.8 Å². The highest BCUT2D eigenvalue weighted by Crippen LogP contribution is 2.24. The Bertz CT molecular complexity index is 3790. The van der Waals surface area contributed by atoms with E-state index in [0.717, 1.165) is 53.5 Å². The van der Waals surface area contributed by atoms with Crippen molar-refractivity contribution < 1.29 is 39.6 Å². The first kappa shape index (κ1) is 77.1. The lowest BCUT2D eigenvalue weighted by molar-refractivity contribution is -0.131. The summed E-state index contributed by atoms with van der Waals surface area (Å²) in [7, 11) is -0.617. The molecule has 0 bridgehead atoms. The maximum Gasteiger partial charge on any atom is 0.242 e. The Kier molecular flexibility index (Phi) is 31.0. The predicted octanol–water partition coefficient (Wildman–Crippen LogP) is 12.0. The number of hydrogen-bond acceptors (Lipinski definition) is 12. The van der Waals surface area contributed by atoms with Crippen molar-refractivity contribution in [1.82, 2.24) is 43.8 Å². The first-order valence-corrected chi connectivity index (χ1v) is 35.2. The second-order valence-electron chi connectivity index (χ2n) is 23.9. The highest BCUT2D eigenvalue weighted by atomic mass is 32.2. The monoisotopic (exact) mass is 1320 g/mol. The van der Waals surface area contributed by atoms with E-state index >= 15 is 0 Å². The molecule has 0 fully saturated rings. The van der Waals surface area contributed by atoms with Crippen molar-refractivity contribution in [3.8, 4) is 0 Å². The number of nitrogens with one attached hydrogen (secondary N) is 3. The summed E-state index contributed by atoms with van der Waals surface area (Å²) in [5, 5.41) is 2.44. The largest absolute Gasteiger partial charge is 0.341 e. The first-order chi connectivity index (χ1) is 44.0. The van der Waals surface area contributed by atoms with Crippen LogP contribution in [0, 0.1) is 17.8 Å². The molecule has 3 aliphatic rings. The molecule has 0 atom stereocenters. The van der Waals surface area contributed by atoms with Gasteiger partial charge in [0.2, 0.25) is 47.8 Å². The number of carbonyl (C=O) groups is 3. The zero-order valence-electron chi connectivity index (χ0n) is 56.4. The first-order valence-electron chi connectivity index (χ1n) is 30.7. The number of likely N-dealkylation sites (N-methyl/N-ethyl adjacent to an activating group) is 3. The maximum atomic E-state index is 11.7. The third-order valence-electron chi connectivity index (χ3n) is 13.3. The molecule has 21 heteroatoms. The van der Waals surface area contributed by atoms with Crippen LogP contribution in [-0.2, 0) is 83.4 Å². The summed E-state index contributed by atoms with van der Waals surface area (Å²) in [5.74, 6) is 3.15. The van der Waals surface area contributed by atoms with Crippen molar-refractivity contribution in [2.45, 2.75) is 116 Å². The van der Waals surface area contributed by atoms with Gasteiger partial charge in [-0.05, 0) is 109 Å². The van der Waals surface area contributed by atoms with Gasteiger partial charge in [-0.15, -0.1) is 0 Å². The highest BCUT2D eigenvalue weighted by Gasteiger charge is 2.22. The number of pyridine rings is 3. The Labute approximate surface area is 552 Å². The zero-order valence-corrected chi connectivity index (χ0v) is 58.8. The molecule has 3 N–H and O–H groups in total. The Balaban J connectivity index is 0.000000230. The lowest BCUT2D eigenvalue weighted by Crippen LogP contribution is -2.32. The third kappa shape index (κ3) is 24.6. The molecule has 0 spiro atoms. The van der Waals surface area contributed by atoms with E-state index in [-0.39, 0.29) is 32.4 Å². The maximum absolute atomic E-state index is 11.7. The molecule has 0 saturated carbocycles. The third-order valence-corrected chi connectivity index (χ3v) is 17.7. The Morgan fingerprint density at radius 3 is 0.742 bits per heavy atom. The second kappa shape index (κ2) is 37.4. The van der Waals surface area contributed by atoms with Gasteiger partial charge >= 0.3 is 0 Å². The van der Waals surface area contributed by atoms with Gasteiger partial charge in [0.1, 0.15) is 14.7 Å². The SMILES string of the molecule is CC(C)C.CC(C)C.CC(C)C.CN1Cc2ccccc2CC1=O.CN1Cc2ccccc2CC1=O.CN1Cc2ccccc2CC1=O.CNS(=O)(=O)c1cccc2cccnc12.CNS(=O)(=O)c1cccc2cccnc12.CNS(=O)(=O)c1cccc2cccnc12. The zero-order chi connectivity index (χ0) is 69.1. The fourth-order valence-electron chi connectivity index (χ4n) is 8.79. The molecule has 498 valence electrons. The molecule has 9 aromatic rings. The Hall–Kier alpha value is -8.31. The minimum absolute atomic E-state index is 0.211. The van der Waals surface area contributed by atoms with Crippen LogP contribution in [-0.4, -0.2) is 115 Å². The van der Waals surface area contributed by atoms with E-state index < -0.39 is 30.1 Å². The van der Waals surface area contributed by atoms with E-state index in [1.54, 1.807) is 87.9 Å². The minimum Gasteiger partial charge on any atom is -0.341 e. The smallest absolute Gasteiger partial charge is 0.242 e. The fourth-order valence-corrected chi connectivity index (χ4v) is 11.5. The van der Waals surface area contributed by atoms with E-state index in [9.17, 15) is 39.6 Å². The topological polar surface area (TPSA) is 238 Å². The Morgan fingerprint density at radius 1 is 0.323 bits per heavy atom. The van der Waals surface area contributed by atoms with Gasteiger partial charge in [0, 0.05) is 75.5 Å². The molecule has 3 aliphatic heterocycles. The number of carbonyl (C=O) groups excluding carboxylic acids is 3. The predicted molar refractivity (Wildman–Crippen MR) is 375 cm³/mol. The van der Waals surface area contributed by atoms with Crippen LogP contribution in [0.15, 0.2) is 197 Å². The molecule has 0 saturated heterocycles. The van der Waals surface area contributed by atoms with E-state index in [0.29, 0.717) is 35.8 Å². The number of fused-ring (bicyclic) bond motifs is 6. The van der Waals surface area contributed by atoms with Crippen LogP contribution in [0.2, 0.25) is 0 Å². The normalized spacial score (nSPS) is 13.1. The lowest BCUT2D eigenvalue weighted by atomic mass is 10.00. The van der Waals surface area contributed by atoms with Crippen LogP contribution in [0.4, 0.5) is 0 Å². The van der Waals surface area contributed by atoms with Gasteiger partial charge in [0.25, 0.3) is 0 Å². The van der Waals surface area contributed by atoms with Crippen molar-refractivity contribution in [1.29, 1.82) is 0 Å². The minimum atomic E-state index is -3.44. The summed E-state index contributed by atoms with van der Waals surface area (Å²) in [5.41, 5.74) is 8.86. The molecule has 3 amide bonds. The lowest BCUT2D eigenvalue weighted by Gasteiger charge is -2.24. The summed E-state index contributed by atoms with van der Waals surface area (Å²) in [6, 6.07) is 50.4. The van der Waals surface area contributed by atoms with Crippen LogP contribution in [0.3, 0.4) is 0 Å². The molecule has 0 aliphatic carbocycles. The van der Waals surface area contributed by atoms with Gasteiger partial charge in [-0.1, -0.05) is 190 Å².